The maximum absolute atomic E-state index is 12.6. The predicted octanol–water partition coefficient (Wildman–Crippen LogP) is 4.47. The molecule has 0 radical (unpaired) electrons. The van der Waals surface area contributed by atoms with Crippen LogP contribution in [0.2, 0.25) is 10.3 Å². The van der Waals surface area contributed by atoms with Crippen LogP contribution in [0.25, 0.3) is 10.9 Å². The van der Waals surface area contributed by atoms with E-state index in [4.69, 9.17) is 23.2 Å². The highest BCUT2D eigenvalue weighted by atomic mass is 35.5. The van der Waals surface area contributed by atoms with E-state index in [1.807, 2.05) is 0 Å². The fourth-order valence-corrected chi connectivity index (χ4v) is 2.06. The number of hydrogen-bond donors (Lipinski definition) is 0. The number of nitrogens with zero attached hydrogens (tertiary/aromatic N) is 2. The van der Waals surface area contributed by atoms with Crippen LogP contribution < -0.4 is 0 Å². The summed E-state index contributed by atoms with van der Waals surface area (Å²) < 4.78 is 39.0. The highest BCUT2D eigenvalue weighted by Gasteiger charge is 2.37. The summed E-state index contributed by atoms with van der Waals surface area (Å²) in [7, 11) is 0. The molecule has 0 aliphatic rings. The van der Waals surface area contributed by atoms with Crippen molar-refractivity contribution in [2.24, 2.45) is 0 Å². The van der Waals surface area contributed by atoms with Crippen LogP contribution in [0.5, 0.6) is 0 Å². The van der Waals surface area contributed by atoms with Crippen LogP contribution in [-0.4, -0.2) is 15.7 Å². The zero-order valence-electron chi connectivity index (χ0n) is 8.59. The molecule has 2 rings (SSSR count). The summed E-state index contributed by atoms with van der Waals surface area (Å²) in [5.74, 6) is 0. The minimum absolute atomic E-state index is 0.0665. The second-order valence-electron chi connectivity index (χ2n) is 3.61. The van der Waals surface area contributed by atoms with E-state index < -0.39 is 12.2 Å². The molecule has 0 aromatic carbocycles. The first-order valence-corrected chi connectivity index (χ1v) is 5.45. The molecule has 0 amide bonds. The summed E-state index contributed by atoms with van der Waals surface area (Å²) in [6.45, 7) is 1.07. The summed E-state index contributed by atoms with van der Waals surface area (Å²) in [5.41, 5.74) is 0.319. The summed E-state index contributed by atoms with van der Waals surface area (Å²) in [5, 5.41) is 0.615. The lowest BCUT2D eigenvalue weighted by atomic mass is 10.3. The van der Waals surface area contributed by atoms with Gasteiger partial charge in [0.05, 0.1) is 5.52 Å². The van der Waals surface area contributed by atoms with Gasteiger partial charge in [0, 0.05) is 11.6 Å². The highest BCUT2D eigenvalue weighted by molar-refractivity contribution is 6.36. The van der Waals surface area contributed by atoms with Gasteiger partial charge < -0.3 is 4.57 Å². The van der Waals surface area contributed by atoms with E-state index >= 15 is 0 Å². The molecule has 0 N–H and O–H groups in total. The quantitative estimate of drug-likeness (QED) is 0.706. The Bertz CT molecular complexity index is 562. The first-order valence-electron chi connectivity index (χ1n) is 4.70. The van der Waals surface area contributed by atoms with Crippen LogP contribution >= 0.6 is 23.2 Å². The normalized spacial score (nSPS) is 14.2. The number of pyridine rings is 1. The summed E-state index contributed by atoms with van der Waals surface area (Å²) in [6.07, 6.45) is -3.00. The monoisotopic (exact) mass is 282 g/mol. The Balaban J connectivity index is 2.64. The summed E-state index contributed by atoms with van der Waals surface area (Å²) >= 11 is 11.5. The number of rotatable bonds is 1. The van der Waals surface area contributed by atoms with Crippen LogP contribution in [0, 0.1) is 0 Å². The largest absolute Gasteiger partial charge is 0.408 e. The molecule has 0 bridgehead atoms. The van der Waals surface area contributed by atoms with E-state index in [9.17, 15) is 13.2 Å². The van der Waals surface area contributed by atoms with E-state index in [0.717, 1.165) is 11.5 Å². The first kappa shape index (κ1) is 12.5. The van der Waals surface area contributed by atoms with Crippen LogP contribution in [0.15, 0.2) is 18.3 Å². The van der Waals surface area contributed by atoms with Crippen molar-refractivity contribution in [1.82, 2.24) is 9.55 Å². The van der Waals surface area contributed by atoms with Gasteiger partial charge in [0.2, 0.25) is 0 Å². The smallest absolute Gasteiger partial charge is 0.335 e. The molecule has 0 saturated heterocycles. The third kappa shape index (κ3) is 2.21. The van der Waals surface area contributed by atoms with E-state index in [0.29, 0.717) is 10.9 Å². The van der Waals surface area contributed by atoms with Crippen molar-refractivity contribution in [3.05, 3.63) is 28.6 Å². The van der Waals surface area contributed by atoms with Crippen molar-refractivity contribution in [1.29, 1.82) is 0 Å². The SMILES string of the molecule is C[C@@H](n1ccc2c(Cl)nc(Cl)cc21)C(F)(F)F. The fourth-order valence-electron chi connectivity index (χ4n) is 1.58. The molecule has 2 aromatic heterocycles. The minimum atomic E-state index is -4.33. The van der Waals surface area contributed by atoms with Crippen molar-refractivity contribution in [2.45, 2.75) is 19.1 Å². The lowest BCUT2D eigenvalue weighted by Gasteiger charge is -2.18. The lowest BCUT2D eigenvalue weighted by Crippen LogP contribution is -2.23. The average molecular weight is 283 g/mol. The van der Waals surface area contributed by atoms with Crippen molar-refractivity contribution in [2.75, 3.05) is 0 Å². The van der Waals surface area contributed by atoms with E-state index in [1.165, 1.54) is 18.3 Å². The molecule has 2 heterocycles. The number of hydrogen-bond acceptors (Lipinski definition) is 1. The molecule has 0 aliphatic carbocycles. The Hall–Kier alpha value is -0.940. The van der Waals surface area contributed by atoms with Crippen molar-refractivity contribution < 1.29 is 13.2 Å². The number of halogens is 5. The second-order valence-corrected chi connectivity index (χ2v) is 4.35. The van der Waals surface area contributed by atoms with Crippen molar-refractivity contribution in [3.8, 4) is 0 Å². The minimum Gasteiger partial charge on any atom is -0.335 e. The second kappa shape index (κ2) is 4.07. The molecule has 0 aliphatic heterocycles. The zero-order chi connectivity index (χ0) is 12.8. The molecule has 0 fully saturated rings. The molecule has 2 nitrogen and oxygen atoms in total. The Labute approximate surface area is 105 Å². The van der Waals surface area contributed by atoms with Crippen LogP contribution in [-0.2, 0) is 0 Å². The number of alkyl halides is 3. The van der Waals surface area contributed by atoms with Gasteiger partial charge >= 0.3 is 6.18 Å². The van der Waals surface area contributed by atoms with Gasteiger partial charge in [-0.3, -0.25) is 0 Å². The van der Waals surface area contributed by atoms with Crippen molar-refractivity contribution in [3.63, 3.8) is 0 Å². The van der Waals surface area contributed by atoms with Gasteiger partial charge in [-0.1, -0.05) is 23.2 Å². The van der Waals surface area contributed by atoms with E-state index in [1.54, 1.807) is 0 Å². The zero-order valence-corrected chi connectivity index (χ0v) is 10.1. The molecular formula is C10H7Cl2F3N2. The Kier molecular flexibility index (Phi) is 2.99. The van der Waals surface area contributed by atoms with Crippen LogP contribution in [0.3, 0.4) is 0 Å². The Morgan fingerprint density at radius 3 is 2.59 bits per heavy atom. The molecule has 92 valence electrons. The third-order valence-electron chi connectivity index (χ3n) is 2.53. The van der Waals surface area contributed by atoms with Crippen molar-refractivity contribution >= 4 is 34.1 Å². The Morgan fingerprint density at radius 2 is 2.00 bits per heavy atom. The van der Waals surface area contributed by atoms with Gasteiger partial charge in [0.25, 0.3) is 0 Å². The standard InChI is InChI=1S/C10H7Cl2F3N2/c1-5(10(13,14)15)17-3-2-6-7(17)4-8(11)16-9(6)12/h2-5H,1H3/t5-/m1/s1. The van der Waals surface area contributed by atoms with Gasteiger partial charge in [-0.2, -0.15) is 13.2 Å². The highest BCUT2D eigenvalue weighted by Crippen LogP contribution is 2.35. The summed E-state index contributed by atoms with van der Waals surface area (Å²) in [4.78, 5) is 3.77. The summed E-state index contributed by atoms with van der Waals surface area (Å²) in [6, 6.07) is 1.21. The van der Waals surface area contributed by atoms with Crippen LogP contribution in [0.1, 0.15) is 13.0 Å². The molecule has 1 atom stereocenters. The average Bonchev–Trinajstić information content (AvgIpc) is 2.58. The topological polar surface area (TPSA) is 17.8 Å². The molecule has 2 aromatic rings. The van der Waals surface area contributed by atoms with E-state index in [-0.39, 0.29) is 10.3 Å². The van der Waals surface area contributed by atoms with Crippen LogP contribution in [0.4, 0.5) is 13.2 Å². The third-order valence-corrected chi connectivity index (χ3v) is 3.01. The van der Waals surface area contributed by atoms with Gasteiger partial charge in [0.15, 0.2) is 0 Å². The lowest BCUT2D eigenvalue weighted by molar-refractivity contribution is -0.162. The van der Waals surface area contributed by atoms with Gasteiger partial charge in [-0.05, 0) is 19.1 Å². The number of aromatic nitrogens is 2. The molecule has 7 heteroatoms. The van der Waals surface area contributed by atoms with Gasteiger partial charge in [-0.25, -0.2) is 4.98 Å². The fraction of sp³-hybridized carbons (Fsp3) is 0.300. The molecule has 0 unspecified atom stereocenters. The molecule has 0 spiro atoms. The van der Waals surface area contributed by atoms with Gasteiger partial charge in [0.1, 0.15) is 16.3 Å². The maximum Gasteiger partial charge on any atom is 0.408 e. The van der Waals surface area contributed by atoms with Gasteiger partial charge in [-0.15, -0.1) is 0 Å². The molecule has 17 heavy (non-hydrogen) atoms. The number of fused-ring (bicyclic) bond motifs is 1. The maximum atomic E-state index is 12.6. The predicted molar refractivity (Wildman–Crippen MR) is 60.5 cm³/mol. The first-order chi connectivity index (χ1) is 7.80. The molecular weight excluding hydrogens is 276 g/mol. The van der Waals surface area contributed by atoms with E-state index in [2.05, 4.69) is 4.98 Å². The molecule has 0 saturated carbocycles. The Morgan fingerprint density at radius 1 is 1.35 bits per heavy atom.